The maximum absolute atomic E-state index is 13.2. The summed E-state index contributed by atoms with van der Waals surface area (Å²) in [5.74, 6) is -1.43. The lowest BCUT2D eigenvalue weighted by Gasteiger charge is -2.61. The fourth-order valence-corrected chi connectivity index (χ4v) is 8.21. The lowest BCUT2D eigenvalue weighted by Crippen LogP contribution is -2.56. The summed E-state index contributed by atoms with van der Waals surface area (Å²) in [7, 11) is 0. The minimum absolute atomic E-state index is 0.0212. The van der Waals surface area contributed by atoms with Gasteiger partial charge in [0.05, 0.1) is 5.57 Å². The molecule has 2 rings (SSSR count). The Morgan fingerprint density at radius 1 is 1.02 bits per heavy atom. The number of allylic oxidation sites excluding steroid dienone is 4. The van der Waals surface area contributed by atoms with Crippen molar-refractivity contribution >= 4 is 17.5 Å². The third-order valence-electron chi connectivity index (χ3n) is 11.3. The second kappa shape index (κ2) is 12.8. The Kier molecular flexibility index (Phi) is 10.9. The van der Waals surface area contributed by atoms with E-state index in [1.807, 2.05) is 27.7 Å². The molecule has 0 unspecified atom stereocenters. The van der Waals surface area contributed by atoms with E-state index < -0.39 is 45.7 Å². The Bertz CT molecular complexity index is 1240. The van der Waals surface area contributed by atoms with Crippen LogP contribution in [-0.4, -0.2) is 29.2 Å². The third kappa shape index (κ3) is 8.04. The Morgan fingerprint density at radius 3 is 2.09 bits per heavy atom. The van der Waals surface area contributed by atoms with Gasteiger partial charge < -0.3 is 5.32 Å². The zero-order valence-corrected chi connectivity index (χ0v) is 28.9. The van der Waals surface area contributed by atoms with Crippen LogP contribution >= 0.6 is 0 Å². The molecule has 1 fully saturated rings. The van der Waals surface area contributed by atoms with Crippen LogP contribution < -0.4 is 5.32 Å². The summed E-state index contributed by atoms with van der Waals surface area (Å²) in [5, 5.41) is 12.7. The Hall–Kier alpha value is -2.43. The van der Waals surface area contributed by atoms with Crippen molar-refractivity contribution in [2.75, 3.05) is 0 Å². The van der Waals surface area contributed by atoms with Gasteiger partial charge in [-0.1, -0.05) is 80.4 Å². The van der Waals surface area contributed by atoms with E-state index in [9.17, 15) is 32.8 Å². The number of rotatable bonds is 12. The number of carbonyl (C=O) groups is 3. The van der Waals surface area contributed by atoms with Gasteiger partial charge in [-0.05, 0) is 87.0 Å². The van der Waals surface area contributed by atoms with Gasteiger partial charge in [-0.25, -0.2) is 0 Å². The SMILES string of the molecule is CCCC(C)(C)CC[C@@](C)(CCC(C)(C)[C@]1(C)CC[C@H]2C(C)(C)C(=O)C(C#N)=C[C@]2(C)/C1=C/C(C)=O)NC(=O)CC(F)(F)F. The molecule has 0 saturated heterocycles. The van der Waals surface area contributed by atoms with E-state index in [1.54, 1.807) is 12.2 Å². The molecule has 0 radical (unpaired) electrons. The molecule has 2 aliphatic carbocycles. The van der Waals surface area contributed by atoms with Crippen LogP contribution in [0.2, 0.25) is 0 Å². The number of carbonyl (C=O) groups excluding carboxylic acids is 3. The van der Waals surface area contributed by atoms with Gasteiger partial charge in [0.2, 0.25) is 5.91 Å². The van der Waals surface area contributed by atoms with Crippen LogP contribution in [0, 0.1) is 44.3 Å². The van der Waals surface area contributed by atoms with E-state index in [2.05, 4.69) is 52.9 Å². The van der Waals surface area contributed by atoms with Crippen LogP contribution in [0.5, 0.6) is 0 Å². The van der Waals surface area contributed by atoms with E-state index >= 15 is 0 Å². The summed E-state index contributed by atoms with van der Waals surface area (Å²) in [4.78, 5) is 38.6. The van der Waals surface area contributed by atoms with Crippen LogP contribution in [0.15, 0.2) is 23.3 Å². The standard InChI is InChI=1S/C36H55F3N2O3/c1-12-14-30(3,4)16-18-33(9,41-28(43)22-36(37,38)39)19-17-31(5,6)35(11)15-13-26-32(7,8)29(44)25(23-40)21-34(26,10)27(35)20-24(2)42/h20-21,26H,12-19,22H2,1-11H3,(H,41,43)/b27-20-/t26-,33-,34-,35+/m0/s1. The van der Waals surface area contributed by atoms with Crippen LogP contribution in [-0.2, 0) is 14.4 Å². The second-order valence-electron chi connectivity index (χ2n) is 16.3. The number of ketones is 2. The van der Waals surface area contributed by atoms with Crippen molar-refractivity contribution in [1.29, 1.82) is 5.26 Å². The molecule has 4 atom stereocenters. The molecular formula is C36H55F3N2O3. The maximum atomic E-state index is 13.2. The van der Waals surface area contributed by atoms with E-state index in [1.165, 1.54) is 6.92 Å². The highest BCUT2D eigenvalue weighted by atomic mass is 19.4. The summed E-state index contributed by atoms with van der Waals surface area (Å²) >= 11 is 0. The van der Waals surface area contributed by atoms with Gasteiger partial charge in [-0.2, -0.15) is 18.4 Å². The number of nitrogens with one attached hydrogen (secondary N) is 1. The minimum Gasteiger partial charge on any atom is -0.351 e. The minimum atomic E-state index is -4.59. The molecule has 8 heteroatoms. The van der Waals surface area contributed by atoms with Gasteiger partial charge in [0, 0.05) is 16.4 Å². The molecule has 2 aliphatic rings. The monoisotopic (exact) mass is 620 g/mol. The highest BCUT2D eigenvalue weighted by Crippen LogP contribution is 2.67. The normalized spacial score (nSPS) is 28.0. The third-order valence-corrected chi connectivity index (χ3v) is 11.3. The first-order valence-electron chi connectivity index (χ1n) is 16.1. The van der Waals surface area contributed by atoms with Gasteiger partial charge in [-0.3, -0.25) is 14.4 Å². The van der Waals surface area contributed by atoms with Crippen LogP contribution in [0.4, 0.5) is 13.2 Å². The Labute approximate surface area is 263 Å². The summed E-state index contributed by atoms with van der Waals surface area (Å²) in [6.07, 6.45) is 3.04. The van der Waals surface area contributed by atoms with E-state index in [-0.39, 0.29) is 28.5 Å². The summed E-state index contributed by atoms with van der Waals surface area (Å²) in [5.41, 5.74) is -2.38. The van der Waals surface area contributed by atoms with Gasteiger partial charge in [-0.15, -0.1) is 0 Å². The molecule has 248 valence electrons. The zero-order valence-electron chi connectivity index (χ0n) is 28.9. The van der Waals surface area contributed by atoms with Crippen molar-refractivity contribution in [3.8, 4) is 6.07 Å². The molecule has 0 aliphatic heterocycles. The number of nitrogens with zero attached hydrogens (tertiary/aromatic N) is 1. The van der Waals surface area contributed by atoms with Crippen LogP contribution in [0.3, 0.4) is 0 Å². The fraction of sp³-hybridized carbons (Fsp3) is 0.778. The number of hydrogen-bond acceptors (Lipinski definition) is 4. The largest absolute Gasteiger partial charge is 0.397 e. The second-order valence-corrected chi connectivity index (χ2v) is 16.3. The van der Waals surface area contributed by atoms with E-state index in [0.29, 0.717) is 32.1 Å². The first-order chi connectivity index (χ1) is 19.8. The number of nitriles is 1. The van der Waals surface area contributed by atoms with Crippen molar-refractivity contribution < 1.29 is 27.6 Å². The van der Waals surface area contributed by atoms with Crippen molar-refractivity contribution in [3.63, 3.8) is 0 Å². The smallest absolute Gasteiger partial charge is 0.351 e. The first-order valence-corrected chi connectivity index (χ1v) is 16.1. The molecule has 0 heterocycles. The summed E-state index contributed by atoms with van der Waals surface area (Å²) < 4.78 is 39.4. The van der Waals surface area contributed by atoms with Gasteiger partial charge in [0.1, 0.15) is 12.5 Å². The van der Waals surface area contributed by atoms with Gasteiger partial charge >= 0.3 is 6.18 Å². The zero-order chi connectivity index (χ0) is 34.2. The molecule has 1 amide bonds. The average Bonchev–Trinajstić information content (AvgIpc) is 2.85. The van der Waals surface area contributed by atoms with Crippen LogP contribution in [0.1, 0.15) is 134 Å². The van der Waals surface area contributed by atoms with Crippen molar-refractivity contribution in [3.05, 3.63) is 23.3 Å². The maximum Gasteiger partial charge on any atom is 0.397 e. The predicted molar refractivity (Wildman–Crippen MR) is 168 cm³/mol. The van der Waals surface area contributed by atoms with Crippen molar-refractivity contribution in [1.82, 2.24) is 5.32 Å². The molecular weight excluding hydrogens is 565 g/mol. The lowest BCUT2D eigenvalue weighted by atomic mass is 9.42. The fourth-order valence-electron chi connectivity index (χ4n) is 8.21. The number of alkyl halides is 3. The molecule has 1 saturated carbocycles. The topological polar surface area (TPSA) is 87.0 Å². The molecule has 0 aromatic carbocycles. The first kappa shape index (κ1) is 37.8. The number of amides is 1. The average molecular weight is 621 g/mol. The summed E-state index contributed by atoms with van der Waals surface area (Å²) in [6, 6.07) is 2.10. The Morgan fingerprint density at radius 2 is 1.59 bits per heavy atom. The molecule has 1 N–H and O–H groups in total. The van der Waals surface area contributed by atoms with E-state index in [4.69, 9.17) is 0 Å². The molecule has 5 nitrogen and oxygen atoms in total. The van der Waals surface area contributed by atoms with Gasteiger partial charge in [0.25, 0.3) is 0 Å². The highest BCUT2D eigenvalue weighted by Gasteiger charge is 2.61. The number of hydrogen-bond donors (Lipinski definition) is 1. The predicted octanol–water partition coefficient (Wildman–Crippen LogP) is 9.22. The highest BCUT2D eigenvalue weighted by molar-refractivity contribution is 6.04. The molecule has 0 aromatic rings. The summed E-state index contributed by atoms with van der Waals surface area (Å²) in [6.45, 7) is 21.9. The Balaban J connectivity index is 2.54. The molecule has 0 spiro atoms. The van der Waals surface area contributed by atoms with Crippen LogP contribution in [0.25, 0.3) is 0 Å². The van der Waals surface area contributed by atoms with E-state index in [0.717, 1.165) is 24.8 Å². The number of Topliss-reactive ketones (excluding diaryl/α,β-unsaturated/α-hetero) is 1. The van der Waals surface area contributed by atoms with Crippen molar-refractivity contribution in [2.24, 2.45) is 33.0 Å². The van der Waals surface area contributed by atoms with Gasteiger partial charge in [0.15, 0.2) is 11.6 Å². The number of halogens is 3. The molecule has 0 bridgehead atoms. The lowest BCUT2D eigenvalue weighted by molar-refractivity contribution is -0.155. The quantitative estimate of drug-likeness (QED) is 0.220. The molecule has 0 aromatic heterocycles. The number of fused-ring (bicyclic) bond motifs is 1. The molecule has 44 heavy (non-hydrogen) atoms. The van der Waals surface area contributed by atoms with Crippen molar-refractivity contribution in [2.45, 2.75) is 146 Å².